The van der Waals surface area contributed by atoms with Crippen molar-refractivity contribution in [2.45, 2.75) is 45.4 Å². The number of rotatable bonds is 5. The molecule has 1 fully saturated rings. The Labute approximate surface area is 168 Å². The summed E-state index contributed by atoms with van der Waals surface area (Å²) in [7, 11) is 0. The van der Waals surface area contributed by atoms with Crippen molar-refractivity contribution in [3.8, 4) is 0 Å². The number of hydrazine groups is 1. The third-order valence-corrected chi connectivity index (χ3v) is 6.05. The molecule has 0 bridgehead atoms. The highest BCUT2D eigenvalue weighted by molar-refractivity contribution is 8.14. The van der Waals surface area contributed by atoms with E-state index in [1.165, 1.54) is 11.8 Å². The van der Waals surface area contributed by atoms with Crippen molar-refractivity contribution in [2.75, 3.05) is 10.7 Å². The Balaban J connectivity index is 1.86. The number of halogens is 1. The molecule has 2 aliphatic rings. The molecule has 1 saturated heterocycles. The maximum Gasteiger partial charge on any atom is 0.230 e. The monoisotopic (exact) mass is 408 g/mol. The van der Waals surface area contributed by atoms with Crippen LogP contribution in [-0.2, 0) is 4.79 Å². The van der Waals surface area contributed by atoms with E-state index < -0.39 is 0 Å². The smallest absolute Gasteiger partial charge is 0.230 e. The van der Waals surface area contributed by atoms with Gasteiger partial charge in [0, 0.05) is 12.1 Å². The van der Waals surface area contributed by atoms with Crippen LogP contribution in [0, 0.1) is 11.3 Å². The minimum Gasteiger partial charge on any atom is -0.353 e. The molecule has 2 aliphatic heterocycles. The topological polar surface area (TPSA) is 92.6 Å². The number of fused-ring (bicyclic) bond motifs is 1. The number of carbonyl (C=O) groups is 1. The third-order valence-electron chi connectivity index (χ3n) is 4.78. The Hall–Kier alpha value is -1.61. The summed E-state index contributed by atoms with van der Waals surface area (Å²) in [5.41, 5.74) is 6.99. The van der Waals surface area contributed by atoms with Crippen molar-refractivity contribution in [3.05, 3.63) is 29.3 Å². The zero-order valence-corrected chi connectivity index (χ0v) is 17.2. The summed E-state index contributed by atoms with van der Waals surface area (Å²) in [4.78, 5) is 18.7. The van der Waals surface area contributed by atoms with E-state index in [4.69, 9.17) is 22.0 Å². The summed E-state index contributed by atoms with van der Waals surface area (Å²) in [6.45, 7) is 6.03. The quantitative estimate of drug-likeness (QED) is 0.601. The predicted octanol–water partition coefficient (Wildman–Crippen LogP) is 2.58. The SMILES string of the molecule is CCC(C)NC(=O)CSC1=NC2NNC(C)C2C(=N)N1c1ccccc1Cl. The number of amidine groups is 2. The van der Waals surface area contributed by atoms with Crippen LogP contribution in [0.15, 0.2) is 29.3 Å². The lowest BCUT2D eigenvalue weighted by Gasteiger charge is -2.36. The molecule has 3 rings (SSSR count). The van der Waals surface area contributed by atoms with Gasteiger partial charge in [0.2, 0.25) is 5.91 Å². The van der Waals surface area contributed by atoms with Crippen molar-refractivity contribution < 1.29 is 4.79 Å². The van der Waals surface area contributed by atoms with Crippen LogP contribution in [0.5, 0.6) is 0 Å². The van der Waals surface area contributed by atoms with E-state index in [9.17, 15) is 4.79 Å². The third kappa shape index (κ3) is 4.29. The van der Waals surface area contributed by atoms with Crippen molar-refractivity contribution in [1.82, 2.24) is 16.2 Å². The number of anilines is 1. The fraction of sp³-hybridized carbons (Fsp3) is 0.500. The molecule has 1 amide bonds. The molecule has 7 nitrogen and oxygen atoms in total. The number of carbonyl (C=O) groups excluding carboxylic acids is 1. The molecule has 0 spiro atoms. The van der Waals surface area contributed by atoms with Gasteiger partial charge in [-0.15, -0.1) is 0 Å². The summed E-state index contributed by atoms with van der Waals surface area (Å²) in [5.74, 6) is 0.491. The predicted molar refractivity (Wildman–Crippen MR) is 112 cm³/mol. The van der Waals surface area contributed by atoms with E-state index in [2.05, 4.69) is 16.2 Å². The van der Waals surface area contributed by atoms with Crippen molar-refractivity contribution in [2.24, 2.45) is 10.9 Å². The van der Waals surface area contributed by atoms with Crippen LogP contribution >= 0.6 is 23.4 Å². The highest BCUT2D eigenvalue weighted by Gasteiger charge is 2.44. The summed E-state index contributed by atoms with van der Waals surface area (Å²) < 4.78 is 0. The van der Waals surface area contributed by atoms with Gasteiger partial charge in [-0.3, -0.25) is 20.5 Å². The molecule has 0 aromatic heterocycles. The second-order valence-electron chi connectivity index (χ2n) is 6.80. The van der Waals surface area contributed by atoms with Crippen LogP contribution in [0.1, 0.15) is 27.2 Å². The minimum absolute atomic E-state index is 0.0457. The van der Waals surface area contributed by atoms with Gasteiger partial charge in [-0.25, -0.2) is 10.4 Å². The summed E-state index contributed by atoms with van der Waals surface area (Å²) in [5, 5.41) is 12.9. The van der Waals surface area contributed by atoms with Crippen LogP contribution < -0.4 is 21.1 Å². The van der Waals surface area contributed by atoms with Crippen LogP contribution in [0.2, 0.25) is 5.02 Å². The Bertz CT molecular complexity index is 757. The van der Waals surface area contributed by atoms with E-state index in [1.54, 1.807) is 11.0 Å². The lowest BCUT2D eigenvalue weighted by Crippen LogP contribution is -2.50. The Morgan fingerprint density at radius 3 is 2.89 bits per heavy atom. The normalized spacial score (nSPS) is 25.8. The maximum atomic E-state index is 12.2. The Morgan fingerprint density at radius 2 is 2.19 bits per heavy atom. The van der Waals surface area contributed by atoms with E-state index >= 15 is 0 Å². The lowest BCUT2D eigenvalue weighted by atomic mass is 9.97. The van der Waals surface area contributed by atoms with Crippen LogP contribution in [0.3, 0.4) is 0 Å². The van der Waals surface area contributed by atoms with Gasteiger partial charge in [0.15, 0.2) is 5.17 Å². The first kappa shape index (κ1) is 20.1. The average Bonchev–Trinajstić information content (AvgIpc) is 3.02. The second kappa shape index (κ2) is 8.60. The van der Waals surface area contributed by atoms with Gasteiger partial charge in [-0.1, -0.05) is 42.4 Å². The number of nitrogens with zero attached hydrogens (tertiary/aromatic N) is 2. The maximum absolute atomic E-state index is 12.2. The van der Waals surface area contributed by atoms with E-state index in [-0.39, 0.29) is 35.8 Å². The molecule has 1 aromatic rings. The molecular weight excluding hydrogens is 384 g/mol. The number of nitrogens with one attached hydrogen (secondary N) is 4. The van der Waals surface area contributed by atoms with E-state index in [1.807, 2.05) is 39.0 Å². The number of hydrogen-bond donors (Lipinski definition) is 4. The Kier molecular flexibility index (Phi) is 6.41. The number of amides is 1. The summed E-state index contributed by atoms with van der Waals surface area (Å²) in [6, 6.07) is 7.60. The molecule has 1 aromatic carbocycles. The van der Waals surface area contributed by atoms with Crippen LogP contribution in [0.25, 0.3) is 0 Å². The highest BCUT2D eigenvalue weighted by Crippen LogP contribution is 2.34. The number of aliphatic imine (C=N–C) groups is 1. The van der Waals surface area contributed by atoms with Crippen molar-refractivity contribution >= 4 is 46.0 Å². The van der Waals surface area contributed by atoms with E-state index in [0.29, 0.717) is 21.7 Å². The zero-order valence-electron chi connectivity index (χ0n) is 15.6. The summed E-state index contributed by atoms with van der Waals surface area (Å²) in [6.07, 6.45) is 0.650. The van der Waals surface area contributed by atoms with Crippen molar-refractivity contribution in [3.63, 3.8) is 0 Å². The van der Waals surface area contributed by atoms with E-state index in [0.717, 1.165) is 6.42 Å². The van der Waals surface area contributed by atoms with Gasteiger partial charge in [0.1, 0.15) is 12.0 Å². The number of benzene rings is 1. The molecule has 0 aliphatic carbocycles. The molecule has 4 unspecified atom stereocenters. The number of para-hydroxylation sites is 1. The molecule has 4 atom stereocenters. The molecule has 0 radical (unpaired) electrons. The zero-order chi connectivity index (χ0) is 19.6. The molecule has 4 N–H and O–H groups in total. The molecular formula is C18H25ClN6OS. The average molecular weight is 409 g/mol. The first-order chi connectivity index (χ1) is 12.9. The molecule has 27 heavy (non-hydrogen) atoms. The standard InChI is InChI=1S/C18H25ClN6OS/c1-4-10(2)21-14(26)9-27-18-22-17-15(11(3)23-24-17)16(20)25(18)13-8-6-5-7-12(13)19/h5-8,10-11,15,17,20,23-24H,4,9H2,1-3H3,(H,21,26). The number of thioether (sulfide) groups is 1. The number of hydrogen-bond acceptors (Lipinski definition) is 6. The lowest BCUT2D eigenvalue weighted by molar-refractivity contribution is -0.119. The van der Waals surface area contributed by atoms with Gasteiger partial charge in [0.05, 0.1) is 22.4 Å². The first-order valence-electron chi connectivity index (χ1n) is 9.06. The fourth-order valence-corrected chi connectivity index (χ4v) is 4.19. The van der Waals surface area contributed by atoms with Gasteiger partial charge in [-0.2, -0.15) is 0 Å². The van der Waals surface area contributed by atoms with Crippen LogP contribution in [0.4, 0.5) is 5.69 Å². The summed E-state index contributed by atoms with van der Waals surface area (Å²) >= 11 is 7.72. The Morgan fingerprint density at radius 1 is 1.44 bits per heavy atom. The molecule has 9 heteroatoms. The van der Waals surface area contributed by atoms with Crippen LogP contribution in [-0.4, -0.2) is 40.9 Å². The minimum atomic E-state index is -0.230. The second-order valence-corrected chi connectivity index (χ2v) is 8.15. The molecule has 146 valence electrons. The van der Waals surface area contributed by atoms with Gasteiger partial charge in [0.25, 0.3) is 0 Å². The van der Waals surface area contributed by atoms with Crippen molar-refractivity contribution in [1.29, 1.82) is 5.41 Å². The van der Waals surface area contributed by atoms with Gasteiger partial charge in [-0.05, 0) is 32.4 Å². The molecule has 0 saturated carbocycles. The fourth-order valence-electron chi connectivity index (χ4n) is 3.11. The highest BCUT2D eigenvalue weighted by atomic mass is 35.5. The molecule has 2 heterocycles. The van der Waals surface area contributed by atoms with Gasteiger partial charge >= 0.3 is 0 Å². The van der Waals surface area contributed by atoms with Gasteiger partial charge < -0.3 is 5.32 Å². The first-order valence-corrected chi connectivity index (χ1v) is 10.4. The largest absolute Gasteiger partial charge is 0.353 e.